The number of hydrogen-bond donors (Lipinski definition) is 1. The molecule has 1 saturated carbocycles. The van der Waals surface area contributed by atoms with Crippen LogP contribution in [-0.2, 0) is 5.60 Å². The van der Waals surface area contributed by atoms with E-state index in [0.29, 0.717) is 0 Å². The Morgan fingerprint density at radius 2 is 1.56 bits per heavy atom. The molecule has 0 bridgehead atoms. The summed E-state index contributed by atoms with van der Waals surface area (Å²) in [5.74, 6) is 0. The molecule has 2 rings (SSSR count). The van der Waals surface area contributed by atoms with Crippen molar-refractivity contribution >= 4 is 31.9 Å². The SMILES string of the molecule is OC1(c2ccc(C(Br)Br)cc2)CCCCC1. The molecule has 0 aromatic heterocycles. The van der Waals surface area contributed by atoms with E-state index in [-0.39, 0.29) is 3.74 Å². The summed E-state index contributed by atoms with van der Waals surface area (Å²) in [6.07, 6.45) is 5.33. The zero-order valence-corrected chi connectivity index (χ0v) is 12.3. The number of benzene rings is 1. The van der Waals surface area contributed by atoms with Crippen molar-refractivity contribution in [1.82, 2.24) is 0 Å². The van der Waals surface area contributed by atoms with Crippen molar-refractivity contribution in [2.24, 2.45) is 0 Å². The van der Waals surface area contributed by atoms with Crippen molar-refractivity contribution in [3.8, 4) is 0 Å². The molecular formula is C13H16Br2O. The lowest BCUT2D eigenvalue weighted by Gasteiger charge is -2.32. The summed E-state index contributed by atoms with van der Waals surface area (Å²) >= 11 is 6.94. The Kier molecular flexibility index (Phi) is 4.09. The van der Waals surface area contributed by atoms with Crippen molar-refractivity contribution in [3.05, 3.63) is 35.4 Å². The Balaban J connectivity index is 2.20. The summed E-state index contributed by atoms with van der Waals surface area (Å²) in [6.45, 7) is 0. The van der Waals surface area contributed by atoms with E-state index in [1.54, 1.807) is 0 Å². The highest BCUT2D eigenvalue weighted by atomic mass is 79.9. The molecule has 1 aromatic carbocycles. The smallest absolute Gasteiger partial charge is 0.0946 e. The largest absolute Gasteiger partial charge is 0.385 e. The Hall–Kier alpha value is 0.140. The molecule has 0 saturated heterocycles. The zero-order chi connectivity index (χ0) is 11.6. The minimum atomic E-state index is -0.578. The predicted octanol–water partition coefficient (Wildman–Crippen LogP) is 4.63. The molecule has 0 atom stereocenters. The summed E-state index contributed by atoms with van der Waals surface area (Å²) in [4.78, 5) is 0. The van der Waals surface area contributed by atoms with E-state index in [1.807, 2.05) is 0 Å². The maximum Gasteiger partial charge on any atom is 0.0946 e. The molecule has 1 nitrogen and oxygen atoms in total. The summed E-state index contributed by atoms with van der Waals surface area (Å²) in [5, 5.41) is 10.5. The van der Waals surface area contributed by atoms with E-state index in [4.69, 9.17) is 0 Å². The van der Waals surface area contributed by atoms with Crippen LogP contribution in [0.15, 0.2) is 24.3 Å². The van der Waals surface area contributed by atoms with Crippen LogP contribution in [0.4, 0.5) is 0 Å². The first-order chi connectivity index (χ1) is 7.62. The third-order valence-corrected chi connectivity index (χ3v) is 4.44. The first-order valence-electron chi connectivity index (χ1n) is 5.73. The molecule has 0 aliphatic heterocycles. The van der Waals surface area contributed by atoms with Crippen molar-refractivity contribution in [3.63, 3.8) is 0 Å². The predicted molar refractivity (Wildman–Crippen MR) is 74.0 cm³/mol. The van der Waals surface area contributed by atoms with Gasteiger partial charge in [-0.15, -0.1) is 0 Å². The number of hydrogen-bond acceptors (Lipinski definition) is 1. The topological polar surface area (TPSA) is 20.2 Å². The van der Waals surface area contributed by atoms with Gasteiger partial charge in [-0.2, -0.15) is 0 Å². The number of aliphatic hydroxyl groups is 1. The highest BCUT2D eigenvalue weighted by Crippen LogP contribution is 2.38. The lowest BCUT2D eigenvalue weighted by molar-refractivity contribution is -0.000631. The first kappa shape index (κ1) is 12.6. The van der Waals surface area contributed by atoms with Gasteiger partial charge in [-0.1, -0.05) is 75.4 Å². The minimum absolute atomic E-state index is 0.190. The summed E-state index contributed by atoms with van der Waals surface area (Å²) < 4.78 is 0.190. The van der Waals surface area contributed by atoms with Gasteiger partial charge in [0.25, 0.3) is 0 Å². The van der Waals surface area contributed by atoms with Crippen LogP contribution in [0.1, 0.15) is 47.0 Å². The number of rotatable bonds is 2. The van der Waals surface area contributed by atoms with Gasteiger partial charge < -0.3 is 5.11 Å². The van der Waals surface area contributed by atoms with Crippen LogP contribution in [0, 0.1) is 0 Å². The van der Waals surface area contributed by atoms with Crippen molar-refractivity contribution in [2.45, 2.75) is 41.4 Å². The van der Waals surface area contributed by atoms with Gasteiger partial charge in [-0.25, -0.2) is 0 Å². The number of halogens is 2. The molecule has 88 valence electrons. The fraction of sp³-hybridized carbons (Fsp3) is 0.538. The van der Waals surface area contributed by atoms with Crippen molar-refractivity contribution in [2.75, 3.05) is 0 Å². The van der Waals surface area contributed by atoms with Crippen LogP contribution < -0.4 is 0 Å². The standard InChI is InChI=1S/C13H16Br2O/c14-12(15)10-4-6-11(7-5-10)13(16)8-2-1-3-9-13/h4-7,12,16H,1-3,8-9H2. The van der Waals surface area contributed by atoms with Crippen LogP contribution in [-0.4, -0.2) is 5.11 Å². The van der Waals surface area contributed by atoms with Gasteiger partial charge in [-0.05, 0) is 24.0 Å². The molecule has 1 aliphatic rings. The van der Waals surface area contributed by atoms with Gasteiger partial charge in [0, 0.05) is 0 Å². The molecule has 1 fully saturated rings. The molecule has 1 N–H and O–H groups in total. The number of alkyl halides is 2. The average Bonchev–Trinajstić information content (AvgIpc) is 2.30. The van der Waals surface area contributed by atoms with Crippen molar-refractivity contribution in [1.29, 1.82) is 0 Å². The second-order valence-corrected chi connectivity index (χ2v) is 7.58. The first-order valence-corrected chi connectivity index (χ1v) is 7.56. The highest BCUT2D eigenvalue weighted by molar-refractivity contribution is 9.24. The maximum atomic E-state index is 10.5. The fourth-order valence-corrected chi connectivity index (χ4v) is 2.97. The van der Waals surface area contributed by atoms with Crippen LogP contribution in [0.3, 0.4) is 0 Å². The van der Waals surface area contributed by atoms with Crippen LogP contribution in [0.25, 0.3) is 0 Å². The zero-order valence-electron chi connectivity index (χ0n) is 9.13. The highest BCUT2D eigenvalue weighted by Gasteiger charge is 2.30. The van der Waals surface area contributed by atoms with Gasteiger partial charge in [0.05, 0.1) is 9.34 Å². The van der Waals surface area contributed by atoms with E-state index in [2.05, 4.69) is 56.1 Å². The molecular weight excluding hydrogens is 332 g/mol. The van der Waals surface area contributed by atoms with Gasteiger partial charge in [0.15, 0.2) is 0 Å². The molecule has 0 unspecified atom stereocenters. The molecule has 1 aliphatic carbocycles. The average molecular weight is 348 g/mol. The van der Waals surface area contributed by atoms with Gasteiger partial charge in [0.1, 0.15) is 0 Å². The van der Waals surface area contributed by atoms with Crippen LogP contribution in [0.5, 0.6) is 0 Å². The Morgan fingerprint density at radius 3 is 2.06 bits per heavy atom. The van der Waals surface area contributed by atoms with E-state index in [1.165, 1.54) is 12.0 Å². The molecule has 0 radical (unpaired) electrons. The summed E-state index contributed by atoms with van der Waals surface area (Å²) in [7, 11) is 0. The van der Waals surface area contributed by atoms with E-state index in [9.17, 15) is 5.11 Å². The van der Waals surface area contributed by atoms with E-state index >= 15 is 0 Å². The lowest BCUT2D eigenvalue weighted by atomic mass is 9.79. The monoisotopic (exact) mass is 346 g/mol. The molecule has 0 amide bonds. The molecule has 3 heteroatoms. The lowest BCUT2D eigenvalue weighted by Crippen LogP contribution is -2.28. The minimum Gasteiger partial charge on any atom is -0.385 e. The van der Waals surface area contributed by atoms with Crippen molar-refractivity contribution < 1.29 is 5.11 Å². The quantitative estimate of drug-likeness (QED) is 0.773. The van der Waals surface area contributed by atoms with Crippen LogP contribution >= 0.6 is 31.9 Å². The normalized spacial score (nSPS) is 20.0. The van der Waals surface area contributed by atoms with Crippen LogP contribution in [0.2, 0.25) is 0 Å². The second kappa shape index (κ2) is 5.19. The van der Waals surface area contributed by atoms with E-state index < -0.39 is 5.60 Å². The fourth-order valence-electron chi connectivity index (χ4n) is 2.36. The third-order valence-electron chi connectivity index (χ3n) is 3.38. The van der Waals surface area contributed by atoms with Gasteiger partial charge in [-0.3, -0.25) is 0 Å². The molecule has 0 spiro atoms. The maximum absolute atomic E-state index is 10.5. The molecule has 0 heterocycles. The molecule has 1 aromatic rings. The molecule has 16 heavy (non-hydrogen) atoms. The third kappa shape index (κ3) is 2.69. The Labute approximate surface area is 114 Å². The Morgan fingerprint density at radius 1 is 1.00 bits per heavy atom. The van der Waals surface area contributed by atoms with Gasteiger partial charge >= 0.3 is 0 Å². The summed E-state index contributed by atoms with van der Waals surface area (Å²) in [6, 6.07) is 8.23. The second-order valence-electron chi connectivity index (χ2n) is 4.51. The van der Waals surface area contributed by atoms with E-state index in [0.717, 1.165) is 31.2 Å². The summed E-state index contributed by atoms with van der Waals surface area (Å²) in [5.41, 5.74) is 1.67. The Bertz CT molecular complexity index is 339. The van der Waals surface area contributed by atoms with Gasteiger partial charge in [0.2, 0.25) is 0 Å².